The van der Waals surface area contributed by atoms with E-state index in [2.05, 4.69) is 59.7 Å². The SMILES string of the molecule is C=C(NCCOCCNC(=O)c1cccc(=O)n1O)c1ccn(C)c(=O)c1O.O=C(NCCCCCNC(=O)c1cccc(=O)n1O)c1cccc(=O)n1O.O=C(NCCCCNC(=O)c1cccc(=O)n1O)c1cccc(=O)n1O.O=C(NCCCNC(=O)c1cccc(=O)n1O)c1cccc(=O)n1O.O=C(NCCOCCNC(=O)c1cccc(=O)n1O)c1cccc(=O)n1O. The zero-order valence-corrected chi connectivity index (χ0v) is 70.6. The van der Waals surface area contributed by atoms with E-state index in [0.29, 0.717) is 69.4 Å². The van der Waals surface area contributed by atoms with Gasteiger partial charge in [-0.2, -0.15) is 0 Å². The van der Waals surface area contributed by atoms with Crippen LogP contribution in [0.15, 0.2) is 231 Å². The molecule has 10 aromatic rings. The van der Waals surface area contributed by atoms with Crippen LogP contribution in [-0.4, -0.2) is 244 Å². The average molecular weight is 1860 g/mol. The largest absolute Gasteiger partial charge is 0.503 e. The monoisotopic (exact) mass is 1850 g/mol. The first-order chi connectivity index (χ1) is 63.5. The zero-order chi connectivity index (χ0) is 97.8. The van der Waals surface area contributed by atoms with Gasteiger partial charge in [-0.15, -0.1) is 42.6 Å². The molecule has 9 amide bonds. The van der Waals surface area contributed by atoms with Gasteiger partial charge in [-0.1, -0.05) is 61.2 Å². The van der Waals surface area contributed by atoms with E-state index in [1.807, 2.05) is 0 Å². The maximum absolute atomic E-state index is 11.9. The smallest absolute Gasteiger partial charge is 0.293 e. The summed E-state index contributed by atoms with van der Waals surface area (Å²) in [4.78, 5) is 219. The minimum Gasteiger partial charge on any atom is -0.503 e. The van der Waals surface area contributed by atoms with Crippen molar-refractivity contribution in [1.29, 1.82) is 0 Å². The summed E-state index contributed by atoms with van der Waals surface area (Å²) in [6.07, 6.45) is 4.87. The summed E-state index contributed by atoms with van der Waals surface area (Å²) < 4.78 is 14.2. The van der Waals surface area contributed by atoms with Crippen molar-refractivity contribution in [2.75, 3.05) is 91.9 Å². The number of nitrogens with zero attached hydrogens (tertiary/aromatic N) is 10. The van der Waals surface area contributed by atoms with Crippen LogP contribution < -0.4 is 109 Å². The van der Waals surface area contributed by atoms with Crippen LogP contribution in [0.1, 0.15) is 138 Å². The Morgan fingerprint density at radius 1 is 0.256 bits per heavy atom. The van der Waals surface area contributed by atoms with E-state index in [4.69, 9.17) is 9.47 Å². The van der Waals surface area contributed by atoms with Gasteiger partial charge in [0.1, 0.15) is 51.2 Å². The molecular weight excluding hydrogens is 1760 g/mol. The predicted molar refractivity (Wildman–Crippen MR) is 462 cm³/mol. The van der Waals surface area contributed by atoms with Crippen LogP contribution in [0.25, 0.3) is 5.70 Å². The molecular formula is C82H94N20O31. The first kappa shape index (κ1) is 104. The molecule has 0 atom stereocenters. The lowest BCUT2D eigenvalue weighted by atomic mass is 10.2. The van der Waals surface area contributed by atoms with Crippen LogP contribution in [0, 0.1) is 0 Å². The van der Waals surface area contributed by atoms with Crippen LogP contribution in [-0.2, 0) is 16.5 Å². The highest BCUT2D eigenvalue weighted by Gasteiger charge is 2.20. The number of aryl methyl sites for hydroxylation is 1. The summed E-state index contributed by atoms with van der Waals surface area (Å²) in [5, 5.41) is 121. The number of carbonyl (C=O) groups excluding carboxylic acids is 9. The van der Waals surface area contributed by atoms with E-state index in [-0.39, 0.29) is 172 Å². The molecule has 10 rings (SSSR count). The van der Waals surface area contributed by atoms with Gasteiger partial charge < -0.3 is 119 Å². The molecule has 0 aliphatic heterocycles. The molecule has 708 valence electrons. The second-order valence-electron chi connectivity index (χ2n) is 27.1. The minimum atomic E-state index is -0.724. The van der Waals surface area contributed by atoms with Crippen molar-refractivity contribution in [2.45, 2.75) is 38.5 Å². The second kappa shape index (κ2) is 53.0. The number of carbonyl (C=O) groups is 9. The van der Waals surface area contributed by atoms with E-state index in [1.54, 1.807) is 6.07 Å². The van der Waals surface area contributed by atoms with E-state index >= 15 is 0 Å². The molecule has 0 aromatic carbocycles. The van der Waals surface area contributed by atoms with Gasteiger partial charge in [0.2, 0.25) is 0 Å². The summed E-state index contributed by atoms with van der Waals surface area (Å²) in [7, 11) is 1.53. The number of unbranched alkanes of at least 4 members (excludes halogenated alkanes) is 3. The molecule has 0 fully saturated rings. The Kier molecular flexibility index (Phi) is 41.4. The third-order valence-electron chi connectivity index (χ3n) is 17.7. The molecule has 0 aliphatic carbocycles. The quantitative estimate of drug-likeness (QED) is 0.0131. The lowest BCUT2D eigenvalue weighted by Crippen LogP contribution is -2.34. The van der Waals surface area contributed by atoms with Crippen molar-refractivity contribution >= 4 is 58.9 Å². The van der Waals surface area contributed by atoms with Gasteiger partial charge in [-0.25, -0.2) is 0 Å². The van der Waals surface area contributed by atoms with Gasteiger partial charge in [0.15, 0.2) is 5.75 Å². The fourth-order valence-electron chi connectivity index (χ4n) is 10.8. The third-order valence-corrected chi connectivity index (χ3v) is 17.7. The third kappa shape index (κ3) is 31.9. The Labute approximate surface area is 747 Å². The van der Waals surface area contributed by atoms with Gasteiger partial charge in [-0.3, -0.25) is 91.1 Å². The predicted octanol–water partition coefficient (Wildman–Crippen LogP) is -3.57. The molecule has 10 heterocycles. The van der Waals surface area contributed by atoms with Crippen molar-refractivity contribution < 1.29 is 105 Å². The van der Waals surface area contributed by atoms with Crippen LogP contribution in [0.4, 0.5) is 0 Å². The maximum atomic E-state index is 11.9. The Bertz CT molecular complexity index is 5990. The lowest BCUT2D eigenvalue weighted by molar-refractivity contribution is 0.0829. The number of nitrogens with one attached hydrogen (secondary N) is 10. The van der Waals surface area contributed by atoms with E-state index in [9.17, 15) is 143 Å². The maximum Gasteiger partial charge on any atom is 0.293 e. The van der Waals surface area contributed by atoms with Crippen LogP contribution in [0.2, 0.25) is 0 Å². The second-order valence-corrected chi connectivity index (χ2v) is 27.1. The fourth-order valence-corrected chi connectivity index (χ4v) is 10.8. The van der Waals surface area contributed by atoms with Crippen molar-refractivity contribution in [3.8, 4) is 5.75 Å². The molecule has 51 nitrogen and oxygen atoms in total. The Hall–Kier alpha value is -17.8. The molecule has 0 unspecified atom stereocenters. The number of rotatable bonds is 38. The van der Waals surface area contributed by atoms with Crippen LogP contribution in [0.5, 0.6) is 5.75 Å². The van der Waals surface area contributed by atoms with Gasteiger partial charge in [0.05, 0.1) is 26.4 Å². The summed E-state index contributed by atoms with van der Waals surface area (Å²) >= 11 is 0. The highest BCUT2D eigenvalue weighted by atomic mass is 16.5. The highest BCUT2D eigenvalue weighted by Crippen LogP contribution is 2.17. The number of pyridine rings is 10. The Morgan fingerprint density at radius 2 is 0.429 bits per heavy atom. The molecule has 0 aliphatic rings. The van der Waals surface area contributed by atoms with Gasteiger partial charge in [-0.05, 0) is 99.2 Å². The number of aromatic hydroxyl groups is 1. The molecule has 20 N–H and O–H groups in total. The number of amides is 9. The van der Waals surface area contributed by atoms with Crippen LogP contribution >= 0.6 is 0 Å². The number of ether oxygens (including phenoxy) is 2. The van der Waals surface area contributed by atoms with E-state index in [0.717, 1.165) is 54.6 Å². The van der Waals surface area contributed by atoms with Gasteiger partial charge in [0.25, 0.3) is 109 Å². The minimum absolute atomic E-state index is 0.116. The fraction of sp³-hybridized carbons (Fsp3) is 0.256. The molecule has 0 radical (unpaired) electrons. The molecule has 0 bridgehead atoms. The molecule has 0 saturated carbocycles. The standard InChI is InChI=1S/C18H22N4O6.C17H20N4O6.C16H18N4O7.C16H18N4O6.C15H16N4O6/c1-12(13-6-9-21(2)18(26)16(13)24)19-7-10-28-11-8-20-17(25)14-4-3-5-15(23)22(14)27;22-14-8-4-6-12(20(14)26)16(24)18-10-2-1-3-11-19-17(25)13-7-5-9-15(23)21(13)27;21-13-5-1-3-11(19(13)25)15(23)17-7-9-27-10-8-18-16(24)12-4-2-6-14(22)20(12)26;21-13-7-3-5-11(19(13)25)15(23)17-9-1-2-10-18-16(24)12-6-4-8-14(22)20(12)26;20-12-6-1-4-10(18(12)24)14(22)16-8-3-9-17-15(23)11-5-2-7-13(21)19(11)25/h3-6,9,19,24,27H,1,7-8,10-11H2,2H3,(H,20,25);4-9,26-27H,1-3,10-11H2,(H,18,24)(H,19,25);1-6,25-26H,7-10H2,(H,17,23)(H,18,24);3-8,25-26H,1-2,9-10H2,(H,17,23)(H,18,24);1-2,4-7,24-25H,3,8-9H2,(H,16,22)(H,17,23). The van der Waals surface area contributed by atoms with Crippen molar-refractivity contribution in [2.24, 2.45) is 7.05 Å². The van der Waals surface area contributed by atoms with Crippen molar-refractivity contribution in [3.63, 3.8) is 0 Å². The molecule has 10 aromatic heterocycles. The number of hydrogen-bond donors (Lipinski definition) is 20. The highest BCUT2D eigenvalue weighted by molar-refractivity contribution is 5.96. The average Bonchev–Trinajstić information content (AvgIpc) is 0.826. The number of hydrogen-bond acceptors (Lipinski definition) is 32. The van der Waals surface area contributed by atoms with E-state index in [1.165, 1.54) is 127 Å². The summed E-state index contributed by atoms with van der Waals surface area (Å²) in [5.74, 6) is -5.86. The Morgan fingerprint density at radius 3 is 0.632 bits per heavy atom. The molecule has 133 heavy (non-hydrogen) atoms. The molecule has 0 spiro atoms. The van der Waals surface area contributed by atoms with Gasteiger partial charge >= 0.3 is 0 Å². The lowest BCUT2D eigenvalue weighted by Gasteiger charge is -2.12. The van der Waals surface area contributed by atoms with Gasteiger partial charge in [0, 0.05) is 145 Å². The summed E-state index contributed by atoms with van der Waals surface area (Å²) in [6, 6.07) is 35.7. The first-order valence-corrected chi connectivity index (χ1v) is 39.7. The topological polar surface area (TPSA) is 715 Å². The first-order valence-electron chi connectivity index (χ1n) is 39.7. The van der Waals surface area contributed by atoms with E-state index < -0.39 is 109 Å². The summed E-state index contributed by atoms with van der Waals surface area (Å²) in [6.45, 7) is 6.87. The molecule has 0 saturated heterocycles. The summed E-state index contributed by atoms with van der Waals surface area (Å²) in [5.41, 5.74) is -7.80. The van der Waals surface area contributed by atoms with Crippen molar-refractivity contribution in [3.05, 3.63) is 343 Å². The normalized spacial score (nSPS) is 10.4. The van der Waals surface area contributed by atoms with Crippen molar-refractivity contribution in [1.82, 2.24) is 100 Å². The Balaban J connectivity index is 0.000000256. The van der Waals surface area contributed by atoms with Crippen LogP contribution in [0.3, 0.4) is 0 Å². The number of aromatic nitrogens is 10. The molecule has 51 heteroatoms. The zero-order valence-electron chi connectivity index (χ0n) is 70.6.